The third-order valence-corrected chi connectivity index (χ3v) is 3.39. The molecule has 0 aliphatic rings. The van der Waals surface area contributed by atoms with Crippen molar-refractivity contribution < 1.29 is 9.53 Å². The lowest BCUT2D eigenvalue weighted by atomic mass is 10.2. The van der Waals surface area contributed by atoms with Gasteiger partial charge in [-0.05, 0) is 31.9 Å². The first-order valence-electron chi connectivity index (χ1n) is 7.89. The zero-order chi connectivity index (χ0) is 15.7. The number of carbonyl (C=O) groups is 1. The van der Waals surface area contributed by atoms with Crippen LogP contribution in [0, 0.1) is 0 Å². The van der Waals surface area contributed by atoms with Crippen LogP contribution in [0.25, 0.3) is 0 Å². The first kappa shape index (κ1) is 17.3. The Morgan fingerprint density at radius 3 is 2.38 bits per heavy atom. The summed E-state index contributed by atoms with van der Waals surface area (Å²) in [5, 5.41) is 0. The first-order valence-corrected chi connectivity index (χ1v) is 7.89. The van der Waals surface area contributed by atoms with E-state index in [4.69, 9.17) is 10.5 Å². The van der Waals surface area contributed by atoms with Crippen LogP contribution in [0.15, 0.2) is 24.3 Å². The number of nitrogens with two attached hydrogens (primary N) is 1. The molecule has 0 spiro atoms. The van der Waals surface area contributed by atoms with E-state index in [0.717, 1.165) is 38.8 Å². The number of anilines is 1. The highest BCUT2D eigenvalue weighted by atomic mass is 16.5. The van der Waals surface area contributed by atoms with Crippen LogP contribution in [0.1, 0.15) is 46.5 Å². The number of ether oxygens (including phenoxy) is 1. The van der Waals surface area contributed by atoms with Gasteiger partial charge in [-0.15, -0.1) is 0 Å². The van der Waals surface area contributed by atoms with Crippen LogP contribution in [-0.2, 0) is 4.79 Å². The molecule has 0 aliphatic heterocycles. The lowest BCUT2D eigenvalue weighted by Crippen LogP contribution is -2.41. The van der Waals surface area contributed by atoms with Gasteiger partial charge in [0.25, 0.3) is 5.91 Å². The smallest absolute Gasteiger partial charge is 0.263 e. The van der Waals surface area contributed by atoms with Gasteiger partial charge in [-0.3, -0.25) is 4.79 Å². The molecule has 0 saturated heterocycles. The summed E-state index contributed by atoms with van der Waals surface area (Å²) in [4.78, 5) is 14.4. The Balaban J connectivity index is 2.63. The molecule has 4 heteroatoms. The van der Waals surface area contributed by atoms with Crippen molar-refractivity contribution in [3.8, 4) is 5.75 Å². The van der Waals surface area contributed by atoms with E-state index in [9.17, 15) is 4.79 Å². The summed E-state index contributed by atoms with van der Waals surface area (Å²) < 4.78 is 5.73. The first-order chi connectivity index (χ1) is 10.1. The molecule has 0 heterocycles. The van der Waals surface area contributed by atoms with Crippen molar-refractivity contribution in [2.75, 3.05) is 18.8 Å². The maximum atomic E-state index is 12.5. The largest absolute Gasteiger partial charge is 0.481 e. The molecule has 21 heavy (non-hydrogen) atoms. The third-order valence-electron chi connectivity index (χ3n) is 3.39. The molecule has 118 valence electrons. The van der Waals surface area contributed by atoms with Gasteiger partial charge >= 0.3 is 0 Å². The maximum Gasteiger partial charge on any atom is 0.263 e. The molecule has 1 aromatic rings. The number of unbranched alkanes of at least 4 members (excludes halogenated alkanes) is 2. The van der Waals surface area contributed by atoms with Crippen LogP contribution in [-0.4, -0.2) is 30.0 Å². The Morgan fingerprint density at radius 1 is 1.24 bits per heavy atom. The molecule has 1 amide bonds. The monoisotopic (exact) mass is 292 g/mol. The standard InChI is InChI=1S/C17H28N2O2/c1-4-6-11-19(12-7-5-2)17(20)14(3)21-16-10-8-9-15(18)13-16/h8-10,13-14H,4-7,11-12,18H2,1-3H3. The summed E-state index contributed by atoms with van der Waals surface area (Å²) in [5.41, 5.74) is 6.37. The van der Waals surface area contributed by atoms with Crippen molar-refractivity contribution in [2.45, 2.75) is 52.6 Å². The Kier molecular flexibility index (Phi) is 7.65. The Bertz CT molecular complexity index is 427. The minimum atomic E-state index is -0.486. The van der Waals surface area contributed by atoms with Crippen LogP contribution < -0.4 is 10.5 Å². The molecule has 1 unspecified atom stereocenters. The molecule has 1 aromatic carbocycles. The van der Waals surface area contributed by atoms with Gasteiger partial charge in [0.05, 0.1) is 0 Å². The quantitative estimate of drug-likeness (QED) is 0.709. The Hall–Kier alpha value is -1.71. The summed E-state index contributed by atoms with van der Waals surface area (Å²) in [7, 11) is 0. The maximum absolute atomic E-state index is 12.5. The van der Waals surface area contributed by atoms with Gasteiger partial charge in [-0.2, -0.15) is 0 Å². The number of hydrogen-bond acceptors (Lipinski definition) is 3. The predicted octanol–water partition coefficient (Wildman–Crippen LogP) is 3.46. The fourth-order valence-corrected chi connectivity index (χ4v) is 2.13. The average molecular weight is 292 g/mol. The highest BCUT2D eigenvalue weighted by Gasteiger charge is 2.21. The molecule has 4 nitrogen and oxygen atoms in total. The second-order valence-electron chi connectivity index (χ2n) is 5.36. The molecular formula is C17H28N2O2. The second-order valence-corrected chi connectivity index (χ2v) is 5.36. The van der Waals surface area contributed by atoms with Gasteiger partial charge in [0.1, 0.15) is 5.75 Å². The third kappa shape index (κ3) is 6.06. The molecule has 1 atom stereocenters. The van der Waals surface area contributed by atoms with E-state index in [1.54, 1.807) is 19.1 Å². The van der Waals surface area contributed by atoms with Crippen molar-refractivity contribution >= 4 is 11.6 Å². The predicted molar refractivity (Wildman–Crippen MR) is 87.3 cm³/mol. The number of benzene rings is 1. The van der Waals surface area contributed by atoms with Gasteiger partial charge < -0.3 is 15.4 Å². The van der Waals surface area contributed by atoms with Gasteiger partial charge in [0.2, 0.25) is 0 Å². The molecule has 1 rings (SSSR count). The average Bonchev–Trinajstić information content (AvgIpc) is 2.47. The molecule has 0 fully saturated rings. The summed E-state index contributed by atoms with van der Waals surface area (Å²) in [6.45, 7) is 7.68. The number of amides is 1. The van der Waals surface area contributed by atoms with E-state index in [1.165, 1.54) is 0 Å². The van der Waals surface area contributed by atoms with Crippen LogP contribution in [0.2, 0.25) is 0 Å². The second kappa shape index (κ2) is 9.27. The van der Waals surface area contributed by atoms with E-state index < -0.39 is 6.10 Å². The summed E-state index contributed by atoms with van der Waals surface area (Å²) in [6.07, 6.45) is 3.74. The zero-order valence-corrected chi connectivity index (χ0v) is 13.5. The number of nitrogens with zero attached hydrogens (tertiary/aromatic N) is 1. The van der Waals surface area contributed by atoms with Crippen molar-refractivity contribution in [1.82, 2.24) is 4.90 Å². The summed E-state index contributed by atoms with van der Waals surface area (Å²) in [6, 6.07) is 7.19. The van der Waals surface area contributed by atoms with Crippen molar-refractivity contribution in [3.05, 3.63) is 24.3 Å². The molecule has 0 bridgehead atoms. The number of carbonyl (C=O) groups excluding carboxylic acids is 1. The topological polar surface area (TPSA) is 55.6 Å². The van der Waals surface area contributed by atoms with E-state index in [-0.39, 0.29) is 5.91 Å². The van der Waals surface area contributed by atoms with Gasteiger partial charge in [0.15, 0.2) is 6.10 Å². The van der Waals surface area contributed by atoms with E-state index in [1.807, 2.05) is 17.0 Å². The number of hydrogen-bond donors (Lipinski definition) is 1. The molecule has 0 radical (unpaired) electrons. The van der Waals surface area contributed by atoms with Crippen molar-refractivity contribution in [3.63, 3.8) is 0 Å². The lowest BCUT2D eigenvalue weighted by Gasteiger charge is -2.26. The van der Waals surface area contributed by atoms with Gasteiger partial charge in [0, 0.05) is 24.8 Å². The van der Waals surface area contributed by atoms with Gasteiger partial charge in [-0.1, -0.05) is 32.8 Å². The highest BCUT2D eigenvalue weighted by Crippen LogP contribution is 2.17. The van der Waals surface area contributed by atoms with E-state index in [0.29, 0.717) is 11.4 Å². The molecule has 0 saturated carbocycles. The zero-order valence-electron chi connectivity index (χ0n) is 13.5. The van der Waals surface area contributed by atoms with Crippen LogP contribution >= 0.6 is 0 Å². The Labute approximate surface area is 128 Å². The minimum Gasteiger partial charge on any atom is -0.481 e. The number of nitrogen functional groups attached to an aromatic ring is 1. The van der Waals surface area contributed by atoms with E-state index in [2.05, 4.69) is 13.8 Å². The molecule has 2 N–H and O–H groups in total. The van der Waals surface area contributed by atoms with E-state index >= 15 is 0 Å². The van der Waals surface area contributed by atoms with Crippen molar-refractivity contribution in [2.24, 2.45) is 0 Å². The minimum absolute atomic E-state index is 0.0549. The molecular weight excluding hydrogens is 264 g/mol. The van der Waals surface area contributed by atoms with Crippen LogP contribution in [0.4, 0.5) is 5.69 Å². The normalized spacial score (nSPS) is 12.0. The molecule has 0 aliphatic carbocycles. The number of rotatable bonds is 9. The van der Waals surface area contributed by atoms with Gasteiger partial charge in [-0.25, -0.2) is 0 Å². The van der Waals surface area contributed by atoms with Crippen LogP contribution in [0.3, 0.4) is 0 Å². The summed E-state index contributed by atoms with van der Waals surface area (Å²) >= 11 is 0. The van der Waals surface area contributed by atoms with Crippen molar-refractivity contribution in [1.29, 1.82) is 0 Å². The fourth-order valence-electron chi connectivity index (χ4n) is 2.13. The fraction of sp³-hybridized carbons (Fsp3) is 0.588. The lowest BCUT2D eigenvalue weighted by molar-refractivity contribution is -0.138. The molecule has 0 aromatic heterocycles. The highest BCUT2D eigenvalue weighted by molar-refractivity contribution is 5.80. The Morgan fingerprint density at radius 2 is 1.86 bits per heavy atom. The summed E-state index contributed by atoms with van der Waals surface area (Å²) in [5.74, 6) is 0.695. The SMILES string of the molecule is CCCCN(CCCC)C(=O)C(C)Oc1cccc(N)c1. The van der Waals surface area contributed by atoms with Crippen LogP contribution in [0.5, 0.6) is 5.75 Å².